The van der Waals surface area contributed by atoms with Gasteiger partial charge in [0.2, 0.25) is 0 Å². The molecule has 0 radical (unpaired) electrons. The van der Waals surface area contributed by atoms with Crippen LogP contribution in [-0.4, -0.2) is 31.3 Å². The van der Waals surface area contributed by atoms with Gasteiger partial charge < -0.3 is 15.4 Å². The van der Waals surface area contributed by atoms with E-state index >= 15 is 0 Å². The Labute approximate surface area is 197 Å². The lowest BCUT2D eigenvalue weighted by Gasteiger charge is -2.07. The Hall–Kier alpha value is -4.70. The number of ether oxygens (including phenoxy) is 1. The first-order chi connectivity index (χ1) is 16.6. The molecule has 168 valence electrons. The number of benzene rings is 3. The van der Waals surface area contributed by atoms with Gasteiger partial charge >= 0.3 is 0 Å². The van der Waals surface area contributed by atoms with Crippen molar-refractivity contribution in [2.45, 2.75) is 6.42 Å². The van der Waals surface area contributed by atoms with Crippen LogP contribution in [0.5, 0.6) is 5.75 Å². The van der Waals surface area contributed by atoms with E-state index in [-0.39, 0.29) is 17.2 Å². The molecule has 0 aromatic heterocycles. The van der Waals surface area contributed by atoms with Gasteiger partial charge in [0.15, 0.2) is 0 Å². The maximum Gasteiger partial charge on any atom is 0.264 e. The second-order valence-electron chi connectivity index (χ2n) is 7.52. The molecular formula is C27H22N4O3. The fourth-order valence-corrected chi connectivity index (χ4v) is 3.60. The topological polar surface area (TPSA) is 104 Å². The minimum absolute atomic E-state index is 0.105. The maximum absolute atomic E-state index is 12.8. The molecule has 2 amide bonds. The zero-order valence-corrected chi connectivity index (χ0v) is 18.5. The van der Waals surface area contributed by atoms with Crippen molar-refractivity contribution >= 4 is 23.3 Å². The molecule has 3 aromatic carbocycles. The monoisotopic (exact) mass is 450 g/mol. The summed E-state index contributed by atoms with van der Waals surface area (Å²) in [6.45, 7) is 0.354. The summed E-state index contributed by atoms with van der Waals surface area (Å²) in [5, 5.41) is 15.4. The van der Waals surface area contributed by atoms with Gasteiger partial charge in [0.1, 0.15) is 23.2 Å². The first kappa shape index (κ1) is 22.5. The molecule has 0 saturated carbocycles. The van der Waals surface area contributed by atoms with Crippen LogP contribution in [0.25, 0.3) is 5.70 Å². The van der Waals surface area contributed by atoms with Crippen molar-refractivity contribution in [3.63, 3.8) is 0 Å². The minimum Gasteiger partial charge on any atom is -0.497 e. The van der Waals surface area contributed by atoms with E-state index < -0.39 is 5.91 Å². The van der Waals surface area contributed by atoms with Gasteiger partial charge in [-0.25, -0.2) is 4.99 Å². The second kappa shape index (κ2) is 10.3. The number of methoxy groups -OCH3 is 1. The zero-order chi connectivity index (χ0) is 23.9. The van der Waals surface area contributed by atoms with Crippen LogP contribution in [0.4, 0.5) is 0 Å². The van der Waals surface area contributed by atoms with Crippen LogP contribution < -0.4 is 15.4 Å². The average molecular weight is 450 g/mol. The highest BCUT2D eigenvalue weighted by atomic mass is 16.5. The van der Waals surface area contributed by atoms with Crippen molar-refractivity contribution < 1.29 is 14.3 Å². The molecule has 34 heavy (non-hydrogen) atoms. The summed E-state index contributed by atoms with van der Waals surface area (Å²) in [5.74, 6) is 0.230. The molecule has 0 unspecified atom stereocenters. The quantitative estimate of drug-likeness (QED) is 0.443. The van der Waals surface area contributed by atoms with Crippen LogP contribution in [0.3, 0.4) is 0 Å². The maximum atomic E-state index is 12.8. The third-order valence-corrected chi connectivity index (χ3v) is 5.36. The van der Waals surface area contributed by atoms with Crippen LogP contribution in [0.15, 0.2) is 89.4 Å². The normalized spacial score (nSPS) is 13.2. The largest absolute Gasteiger partial charge is 0.497 e. The lowest BCUT2D eigenvalue weighted by atomic mass is 10.0. The van der Waals surface area contributed by atoms with Crippen molar-refractivity contribution in [3.8, 4) is 11.8 Å². The number of carbonyl (C=O) groups is 2. The number of nitrogens with zero attached hydrogens (tertiary/aromatic N) is 2. The SMILES string of the molecule is COc1ccc(CCNC(=O)C(C#N)=C2N=C(NC(=O)c3ccccc3)c3ccccc32)cc1. The molecular weight excluding hydrogens is 428 g/mol. The van der Waals surface area contributed by atoms with E-state index in [0.717, 1.165) is 11.3 Å². The summed E-state index contributed by atoms with van der Waals surface area (Å²) in [6, 6.07) is 25.5. The van der Waals surface area contributed by atoms with Crippen molar-refractivity contribution in [2.75, 3.05) is 13.7 Å². The highest BCUT2D eigenvalue weighted by Gasteiger charge is 2.27. The molecule has 0 bridgehead atoms. The number of rotatable bonds is 6. The standard InChI is InChI=1S/C27H22N4O3/c1-34-20-13-11-18(12-14-20)15-16-29-27(33)23(17-28)24-21-9-5-6-10-22(21)25(30-24)31-26(32)19-7-3-2-4-8-19/h2-14H,15-16H2,1H3,(H,29,33)(H,30,31,32). The van der Waals surface area contributed by atoms with Gasteiger partial charge in [-0.2, -0.15) is 5.26 Å². The summed E-state index contributed by atoms with van der Waals surface area (Å²) in [4.78, 5) is 30.0. The number of nitriles is 1. The Morgan fingerprint density at radius 1 is 0.941 bits per heavy atom. The lowest BCUT2D eigenvalue weighted by Crippen LogP contribution is -2.30. The van der Waals surface area contributed by atoms with E-state index in [1.54, 1.807) is 49.6 Å². The molecule has 0 saturated heterocycles. The van der Waals surface area contributed by atoms with Gasteiger partial charge in [0, 0.05) is 23.2 Å². The van der Waals surface area contributed by atoms with Crippen molar-refractivity contribution in [1.29, 1.82) is 5.26 Å². The average Bonchev–Trinajstić information content (AvgIpc) is 3.23. The van der Waals surface area contributed by atoms with E-state index in [2.05, 4.69) is 15.6 Å². The Morgan fingerprint density at radius 2 is 1.62 bits per heavy atom. The molecule has 1 aliphatic rings. The number of amides is 2. The summed E-state index contributed by atoms with van der Waals surface area (Å²) >= 11 is 0. The molecule has 1 aliphatic heterocycles. The van der Waals surface area contributed by atoms with Crippen molar-refractivity contribution in [3.05, 3.63) is 107 Å². The molecule has 0 spiro atoms. The number of fused-ring (bicyclic) bond motifs is 1. The molecule has 3 aromatic rings. The number of hydrogen-bond acceptors (Lipinski definition) is 5. The Morgan fingerprint density at radius 3 is 2.29 bits per heavy atom. The van der Waals surface area contributed by atoms with E-state index in [0.29, 0.717) is 35.5 Å². The van der Waals surface area contributed by atoms with Crippen LogP contribution in [-0.2, 0) is 11.2 Å². The summed E-state index contributed by atoms with van der Waals surface area (Å²) in [7, 11) is 1.61. The van der Waals surface area contributed by atoms with E-state index in [9.17, 15) is 14.9 Å². The number of hydrogen-bond donors (Lipinski definition) is 2. The molecule has 7 nitrogen and oxygen atoms in total. The van der Waals surface area contributed by atoms with E-state index in [1.165, 1.54) is 0 Å². The van der Waals surface area contributed by atoms with Crippen LogP contribution in [0, 0.1) is 11.3 Å². The third-order valence-electron chi connectivity index (χ3n) is 5.36. The van der Waals surface area contributed by atoms with Crippen molar-refractivity contribution in [1.82, 2.24) is 10.6 Å². The first-order valence-electron chi connectivity index (χ1n) is 10.7. The highest BCUT2D eigenvalue weighted by molar-refractivity contribution is 6.20. The number of amidine groups is 1. The summed E-state index contributed by atoms with van der Waals surface area (Å²) < 4.78 is 5.15. The van der Waals surface area contributed by atoms with Gasteiger partial charge in [-0.1, -0.05) is 54.6 Å². The molecule has 0 aliphatic carbocycles. The molecule has 7 heteroatoms. The predicted octanol–water partition coefficient (Wildman–Crippen LogP) is 3.48. The van der Waals surface area contributed by atoms with Gasteiger partial charge in [0.05, 0.1) is 12.8 Å². The smallest absolute Gasteiger partial charge is 0.264 e. The van der Waals surface area contributed by atoms with E-state index in [1.807, 2.05) is 42.5 Å². The molecule has 1 heterocycles. The number of aliphatic imine (C=N–C) groups is 1. The highest BCUT2D eigenvalue weighted by Crippen LogP contribution is 2.30. The van der Waals surface area contributed by atoms with Crippen LogP contribution >= 0.6 is 0 Å². The lowest BCUT2D eigenvalue weighted by molar-refractivity contribution is -0.117. The van der Waals surface area contributed by atoms with Gasteiger partial charge in [-0.15, -0.1) is 0 Å². The number of carbonyl (C=O) groups excluding carboxylic acids is 2. The van der Waals surface area contributed by atoms with Gasteiger partial charge in [0.25, 0.3) is 11.8 Å². The third kappa shape index (κ3) is 4.87. The molecule has 0 atom stereocenters. The Kier molecular flexibility index (Phi) is 6.80. The molecule has 0 fully saturated rings. The first-order valence-corrected chi connectivity index (χ1v) is 10.7. The van der Waals surface area contributed by atoms with Crippen molar-refractivity contribution in [2.24, 2.45) is 4.99 Å². The minimum atomic E-state index is -0.514. The van der Waals surface area contributed by atoms with Gasteiger partial charge in [-0.05, 0) is 36.2 Å². The fraction of sp³-hybridized carbons (Fsp3) is 0.111. The predicted molar refractivity (Wildman–Crippen MR) is 129 cm³/mol. The van der Waals surface area contributed by atoms with E-state index in [4.69, 9.17) is 4.74 Å². The summed E-state index contributed by atoms with van der Waals surface area (Å²) in [5.41, 5.74) is 2.92. The molecule has 2 N–H and O–H groups in total. The molecule has 4 rings (SSSR count). The fourth-order valence-electron chi connectivity index (χ4n) is 3.60. The Bertz CT molecular complexity index is 1320. The summed E-state index contributed by atoms with van der Waals surface area (Å²) in [6.07, 6.45) is 0.599. The van der Waals surface area contributed by atoms with Crippen LogP contribution in [0.1, 0.15) is 27.0 Å². The second-order valence-corrected chi connectivity index (χ2v) is 7.52. The van der Waals surface area contributed by atoms with Crippen LogP contribution in [0.2, 0.25) is 0 Å². The van der Waals surface area contributed by atoms with Gasteiger partial charge in [-0.3, -0.25) is 9.59 Å². The number of nitrogens with one attached hydrogen (secondary N) is 2. The Balaban J connectivity index is 1.53. The zero-order valence-electron chi connectivity index (χ0n) is 18.5.